The van der Waals surface area contributed by atoms with Gasteiger partial charge in [0, 0.05) is 25.2 Å². The minimum Gasteiger partial charge on any atom is -0.339 e. The first kappa shape index (κ1) is 22.5. The molecule has 3 rings (SSSR count). The topological polar surface area (TPSA) is 66.5 Å². The molecule has 30 heavy (non-hydrogen) atoms. The molecule has 0 spiro atoms. The number of benzene rings is 2. The average molecular weight is 429 g/mol. The van der Waals surface area contributed by atoms with Gasteiger partial charge in [0.15, 0.2) is 0 Å². The van der Waals surface area contributed by atoms with E-state index in [1.165, 1.54) is 12.8 Å². The standard InChI is InChI=1S/C24H32N2O3S/c1-5-26(17-19-6-7-19)23(27)20-10-8-18(9-11-20)16-25-30(28,29)22-14-12-21(13-15-22)24(2,3)4/h8-15,19,25H,5-7,16-17H2,1-4H3. The van der Waals surface area contributed by atoms with E-state index in [0.717, 1.165) is 17.7 Å². The van der Waals surface area contributed by atoms with Crippen LogP contribution in [0.25, 0.3) is 0 Å². The maximum Gasteiger partial charge on any atom is 0.253 e. The zero-order valence-corrected chi connectivity index (χ0v) is 19.1. The molecule has 0 atom stereocenters. The van der Waals surface area contributed by atoms with Gasteiger partial charge in [0.25, 0.3) is 5.91 Å². The predicted molar refractivity (Wildman–Crippen MR) is 120 cm³/mol. The molecule has 0 radical (unpaired) electrons. The summed E-state index contributed by atoms with van der Waals surface area (Å²) >= 11 is 0. The molecule has 0 aromatic heterocycles. The number of hydrogen-bond acceptors (Lipinski definition) is 3. The van der Waals surface area contributed by atoms with Gasteiger partial charge in [-0.25, -0.2) is 13.1 Å². The van der Waals surface area contributed by atoms with Crippen molar-refractivity contribution in [2.45, 2.75) is 57.4 Å². The van der Waals surface area contributed by atoms with Crippen molar-refractivity contribution in [3.63, 3.8) is 0 Å². The van der Waals surface area contributed by atoms with Crippen LogP contribution in [0, 0.1) is 5.92 Å². The molecule has 0 bridgehead atoms. The molecule has 5 nitrogen and oxygen atoms in total. The molecule has 0 heterocycles. The highest BCUT2D eigenvalue weighted by Crippen LogP contribution is 2.30. The van der Waals surface area contributed by atoms with Crippen LogP contribution < -0.4 is 4.72 Å². The van der Waals surface area contributed by atoms with Gasteiger partial charge in [-0.3, -0.25) is 4.79 Å². The zero-order chi connectivity index (χ0) is 21.9. The van der Waals surface area contributed by atoms with Gasteiger partial charge in [0.1, 0.15) is 0 Å². The summed E-state index contributed by atoms with van der Waals surface area (Å²) in [5.74, 6) is 0.690. The molecule has 0 unspecified atom stereocenters. The Kier molecular flexibility index (Phi) is 6.68. The average Bonchev–Trinajstić information content (AvgIpc) is 3.54. The van der Waals surface area contributed by atoms with Gasteiger partial charge in [-0.15, -0.1) is 0 Å². The first-order chi connectivity index (χ1) is 14.1. The third-order valence-corrected chi connectivity index (χ3v) is 6.96. The lowest BCUT2D eigenvalue weighted by molar-refractivity contribution is 0.0757. The molecule has 1 amide bonds. The molecule has 0 saturated heterocycles. The molecular formula is C24H32N2O3S. The van der Waals surface area contributed by atoms with E-state index in [9.17, 15) is 13.2 Å². The lowest BCUT2D eigenvalue weighted by atomic mass is 9.87. The number of sulfonamides is 1. The summed E-state index contributed by atoms with van der Waals surface area (Å²) in [6.07, 6.45) is 2.42. The van der Waals surface area contributed by atoms with E-state index in [4.69, 9.17) is 0 Å². The van der Waals surface area contributed by atoms with Crippen LogP contribution in [0.1, 0.15) is 62.0 Å². The summed E-state index contributed by atoms with van der Waals surface area (Å²) in [5, 5.41) is 0. The van der Waals surface area contributed by atoms with Crippen molar-refractivity contribution in [1.82, 2.24) is 9.62 Å². The van der Waals surface area contributed by atoms with Crippen LogP contribution >= 0.6 is 0 Å². The number of rotatable bonds is 8. The number of hydrogen-bond donors (Lipinski definition) is 1. The summed E-state index contributed by atoms with van der Waals surface area (Å²) in [6, 6.07) is 14.2. The maximum atomic E-state index is 12.7. The van der Waals surface area contributed by atoms with Gasteiger partial charge in [-0.2, -0.15) is 0 Å². The largest absolute Gasteiger partial charge is 0.339 e. The molecule has 2 aromatic rings. The van der Waals surface area contributed by atoms with Crippen LogP contribution in [0.4, 0.5) is 0 Å². The molecule has 1 aliphatic rings. The first-order valence-electron chi connectivity index (χ1n) is 10.6. The van der Waals surface area contributed by atoms with Crippen molar-refractivity contribution in [3.8, 4) is 0 Å². The van der Waals surface area contributed by atoms with Gasteiger partial charge in [0.05, 0.1) is 4.90 Å². The molecule has 1 N–H and O–H groups in total. The molecule has 1 saturated carbocycles. The van der Waals surface area contributed by atoms with E-state index >= 15 is 0 Å². The van der Waals surface area contributed by atoms with E-state index in [0.29, 0.717) is 18.0 Å². The normalized spacial score (nSPS) is 14.5. The Balaban J connectivity index is 1.61. The fourth-order valence-electron chi connectivity index (χ4n) is 3.31. The highest BCUT2D eigenvalue weighted by Gasteiger charge is 2.26. The minimum atomic E-state index is -3.60. The number of amides is 1. The maximum absolute atomic E-state index is 12.7. The molecule has 1 fully saturated rings. The first-order valence-corrected chi connectivity index (χ1v) is 12.1. The van der Waals surface area contributed by atoms with Gasteiger partial charge < -0.3 is 4.90 Å². The summed E-state index contributed by atoms with van der Waals surface area (Å²) in [7, 11) is -3.60. The second-order valence-corrected chi connectivity index (χ2v) is 10.8. The summed E-state index contributed by atoms with van der Waals surface area (Å²) < 4.78 is 27.9. The third kappa shape index (κ3) is 5.70. The summed E-state index contributed by atoms with van der Waals surface area (Å²) in [4.78, 5) is 14.8. The van der Waals surface area contributed by atoms with E-state index < -0.39 is 10.0 Å². The Morgan fingerprint density at radius 3 is 2.13 bits per heavy atom. The monoisotopic (exact) mass is 428 g/mol. The van der Waals surface area contributed by atoms with Crippen LogP contribution in [0.2, 0.25) is 0 Å². The van der Waals surface area contributed by atoms with E-state index in [2.05, 4.69) is 25.5 Å². The van der Waals surface area contributed by atoms with Crippen molar-refractivity contribution in [2.75, 3.05) is 13.1 Å². The quantitative estimate of drug-likeness (QED) is 0.680. The van der Waals surface area contributed by atoms with E-state index in [1.54, 1.807) is 24.3 Å². The fourth-order valence-corrected chi connectivity index (χ4v) is 4.33. The van der Waals surface area contributed by atoms with Crippen molar-refractivity contribution < 1.29 is 13.2 Å². The minimum absolute atomic E-state index is 0.0269. The SMILES string of the molecule is CCN(CC1CC1)C(=O)c1ccc(CNS(=O)(=O)c2ccc(C(C)(C)C)cc2)cc1. The van der Waals surface area contributed by atoms with Crippen LogP contribution in [0.3, 0.4) is 0 Å². The second-order valence-electron chi connectivity index (χ2n) is 9.08. The Morgan fingerprint density at radius 2 is 1.63 bits per heavy atom. The number of nitrogens with one attached hydrogen (secondary N) is 1. The van der Waals surface area contributed by atoms with Crippen molar-refractivity contribution >= 4 is 15.9 Å². The molecule has 1 aliphatic carbocycles. The summed E-state index contributed by atoms with van der Waals surface area (Å²) in [6.45, 7) is 9.98. The van der Waals surface area contributed by atoms with Gasteiger partial charge in [-0.1, -0.05) is 45.0 Å². The smallest absolute Gasteiger partial charge is 0.253 e. The molecule has 162 valence electrons. The Morgan fingerprint density at radius 1 is 1.03 bits per heavy atom. The van der Waals surface area contributed by atoms with Gasteiger partial charge in [-0.05, 0) is 66.5 Å². The van der Waals surface area contributed by atoms with Crippen molar-refractivity contribution in [2.24, 2.45) is 5.92 Å². The van der Waals surface area contributed by atoms with Crippen LogP contribution in [0.5, 0.6) is 0 Å². The van der Waals surface area contributed by atoms with Crippen LogP contribution in [-0.4, -0.2) is 32.3 Å². The Bertz CT molecular complexity index is 971. The third-order valence-electron chi connectivity index (χ3n) is 5.54. The highest BCUT2D eigenvalue weighted by atomic mass is 32.2. The van der Waals surface area contributed by atoms with Gasteiger partial charge >= 0.3 is 0 Å². The number of nitrogens with zero attached hydrogens (tertiary/aromatic N) is 1. The van der Waals surface area contributed by atoms with Crippen LogP contribution in [0.15, 0.2) is 53.4 Å². The second kappa shape index (κ2) is 8.90. The lowest BCUT2D eigenvalue weighted by Crippen LogP contribution is -2.32. The molecular weight excluding hydrogens is 396 g/mol. The van der Waals surface area contributed by atoms with Crippen LogP contribution in [-0.2, 0) is 22.0 Å². The Labute approximate surface area is 180 Å². The fraction of sp³-hybridized carbons (Fsp3) is 0.458. The number of carbonyl (C=O) groups excluding carboxylic acids is 1. The number of carbonyl (C=O) groups is 1. The lowest BCUT2D eigenvalue weighted by Gasteiger charge is -2.21. The van der Waals surface area contributed by atoms with Crippen molar-refractivity contribution in [3.05, 3.63) is 65.2 Å². The molecule has 0 aliphatic heterocycles. The van der Waals surface area contributed by atoms with E-state index in [1.807, 2.05) is 36.1 Å². The zero-order valence-electron chi connectivity index (χ0n) is 18.3. The molecule has 2 aromatic carbocycles. The Hall–Kier alpha value is -2.18. The van der Waals surface area contributed by atoms with Gasteiger partial charge in [0.2, 0.25) is 10.0 Å². The predicted octanol–water partition coefficient (Wildman–Crippen LogP) is 4.33. The molecule has 6 heteroatoms. The van der Waals surface area contributed by atoms with Crippen molar-refractivity contribution in [1.29, 1.82) is 0 Å². The highest BCUT2D eigenvalue weighted by molar-refractivity contribution is 7.89. The summed E-state index contributed by atoms with van der Waals surface area (Å²) in [5.41, 5.74) is 2.51. The van der Waals surface area contributed by atoms with E-state index in [-0.39, 0.29) is 22.8 Å².